The normalized spacial score (nSPS) is 19.9. The molecule has 4 heteroatoms. The maximum atomic E-state index is 3.63. The van der Waals surface area contributed by atoms with Gasteiger partial charge in [-0.3, -0.25) is 0 Å². The summed E-state index contributed by atoms with van der Waals surface area (Å²) in [7, 11) is 0. The first-order valence-corrected chi connectivity index (χ1v) is 7.72. The van der Waals surface area contributed by atoms with E-state index in [-0.39, 0.29) is 0 Å². The van der Waals surface area contributed by atoms with Gasteiger partial charge in [-0.1, -0.05) is 22.9 Å². The third-order valence-corrected chi connectivity index (χ3v) is 4.28. The summed E-state index contributed by atoms with van der Waals surface area (Å²) in [5.74, 6) is 0. The van der Waals surface area contributed by atoms with Crippen LogP contribution in [0.1, 0.15) is 19.8 Å². The molecular formula is C13H18Br2N2. The summed E-state index contributed by atoms with van der Waals surface area (Å²) in [6.45, 7) is 5.58. The summed E-state index contributed by atoms with van der Waals surface area (Å²) in [4.78, 5) is 2.45. The van der Waals surface area contributed by atoms with Crippen molar-refractivity contribution in [3.63, 3.8) is 0 Å². The van der Waals surface area contributed by atoms with E-state index in [1.54, 1.807) is 0 Å². The molecular weight excluding hydrogens is 344 g/mol. The Morgan fingerprint density at radius 3 is 3.00 bits per heavy atom. The van der Waals surface area contributed by atoms with E-state index in [2.05, 4.69) is 67.2 Å². The van der Waals surface area contributed by atoms with Gasteiger partial charge in [0, 0.05) is 28.1 Å². The average molecular weight is 362 g/mol. The van der Waals surface area contributed by atoms with Gasteiger partial charge in [-0.05, 0) is 53.5 Å². The summed E-state index contributed by atoms with van der Waals surface area (Å²) < 4.78 is 2.32. The lowest BCUT2D eigenvalue weighted by molar-refractivity contribution is 0.549. The molecule has 1 aromatic carbocycles. The van der Waals surface area contributed by atoms with Gasteiger partial charge in [-0.25, -0.2) is 0 Å². The number of halogens is 2. The number of nitrogens with zero attached hydrogens (tertiary/aromatic N) is 1. The Kier molecular flexibility index (Phi) is 4.88. The Morgan fingerprint density at radius 2 is 2.24 bits per heavy atom. The molecule has 1 saturated heterocycles. The quantitative estimate of drug-likeness (QED) is 0.877. The Morgan fingerprint density at radius 1 is 1.41 bits per heavy atom. The molecule has 1 fully saturated rings. The lowest BCUT2D eigenvalue weighted by Crippen LogP contribution is -2.33. The summed E-state index contributed by atoms with van der Waals surface area (Å²) >= 11 is 7.17. The van der Waals surface area contributed by atoms with Crippen molar-refractivity contribution >= 4 is 37.5 Å². The van der Waals surface area contributed by atoms with E-state index < -0.39 is 0 Å². The molecule has 0 radical (unpaired) electrons. The van der Waals surface area contributed by atoms with Gasteiger partial charge in [-0.15, -0.1) is 0 Å². The van der Waals surface area contributed by atoms with Gasteiger partial charge >= 0.3 is 0 Å². The maximum absolute atomic E-state index is 3.63. The van der Waals surface area contributed by atoms with E-state index in [1.807, 2.05) is 0 Å². The summed E-state index contributed by atoms with van der Waals surface area (Å²) in [5, 5.41) is 3.60. The van der Waals surface area contributed by atoms with Gasteiger partial charge < -0.3 is 10.2 Å². The number of nitrogens with one attached hydrogen (secondary N) is 1. The highest BCUT2D eigenvalue weighted by molar-refractivity contribution is 9.11. The standard InChI is InChI=1S/C13H18Br2N2/c1-2-6-16-11-5-7-17(9-11)13-8-10(14)3-4-12(13)15/h3-4,8,11,16H,2,5-7,9H2,1H3. The highest BCUT2D eigenvalue weighted by Gasteiger charge is 2.23. The van der Waals surface area contributed by atoms with Crippen molar-refractivity contribution in [3.05, 3.63) is 27.1 Å². The van der Waals surface area contributed by atoms with E-state index in [9.17, 15) is 0 Å². The fraction of sp³-hybridized carbons (Fsp3) is 0.538. The second-order valence-electron chi connectivity index (χ2n) is 4.48. The number of anilines is 1. The van der Waals surface area contributed by atoms with E-state index in [0.717, 1.165) is 24.1 Å². The topological polar surface area (TPSA) is 15.3 Å². The molecule has 1 aliphatic heterocycles. The second-order valence-corrected chi connectivity index (χ2v) is 6.25. The van der Waals surface area contributed by atoms with Crippen LogP contribution in [0.3, 0.4) is 0 Å². The zero-order valence-corrected chi connectivity index (χ0v) is 13.2. The molecule has 1 aliphatic rings. The zero-order valence-electron chi connectivity index (χ0n) is 10.0. The van der Waals surface area contributed by atoms with Crippen molar-refractivity contribution in [2.45, 2.75) is 25.8 Å². The first kappa shape index (κ1) is 13.4. The second kappa shape index (κ2) is 6.21. The average Bonchev–Trinajstić information content (AvgIpc) is 2.78. The molecule has 0 saturated carbocycles. The lowest BCUT2D eigenvalue weighted by Gasteiger charge is -2.20. The van der Waals surface area contributed by atoms with Crippen LogP contribution in [0.15, 0.2) is 27.1 Å². The Bertz CT molecular complexity index is 382. The molecule has 94 valence electrons. The Hall–Kier alpha value is -0.0600. The van der Waals surface area contributed by atoms with Gasteiger partial charge in [-0.2, -0.15) is 0 Å². The molecule has 1 atom stereocenters. The van der Waals surface area contributed by atoms with Crippen molar-refractivity contribution < 1.29 is 0 Å². The van der Waals surface area contributed by atoms with E-state index in [0.29, 0.717) is 6.04 Å². The maximum Gasteiger partial charge on any atom is 0.0522 e. The van der Waals surface area contributed by atoms with Crippen LogP contribution in [-0.2, 0) is 0 Å². The van der Waals surface area contributed by atoms with Gasteiger partial charge in [0.2, 0.25) is 0 Å². The number of benzene rings is 1. The first-order valence-electron chi connectivity index (χ1n) is 6.14. The van der Waals surface area contributed by atoms with Gasteiger partial charge in [0.1, 0.15) is 0 Å². The highest BCUT2D eigenvalue weighted by atomic mass is 79.9. The van der Waals surface area contributed by atoms with Crippen molar-refractivity contribution in [1.82, 2.24) is 5.32 Å². The fourth-order valence-corrected chi connectivity index (χ4v) is 3.07. The van der Waals surface area contributed by atoms with Crippen LogP contribution < -0.4 is 10.2 Å². The number of rotatable bonds is 4. The molecule has 0 spiro atoms. The third-order valence-electron chi connectivity index (χ3n) is 3.12. The predicted octanol–water partition coefficient (Wildman–Crippen LogP) is 3.79. The summed E-state index contributed by atoms with van der Waals surface area (Å²) in [6.07, 6.45) is 2.44. The van der Waals surface area contributed by atoms with Crippen LogP contribution in [0, 0.1) is 0 Å². The molecule has 1 N–H and O–H groups in total. The van der Waals surface area contributed by atoms with Crippen molar-refractivity contribution in [2.75, 3.05) is 24.5 Å². The van der Waals surface area contributed by atoms with Crippen molar-refractivity contribution in [2.24, 2.45) is 0 Å². The molecule has 17 heavy (non-hydrogen) atoms. The molecule has 2 rings (SSSR count). The highest BCUT2D eigenvalue weighted by Crippen LogP contribution is 2.31. The Balaban J connectivity index is 2.02. The smallest absolute Gasteiger partial charge is 0.0522 e. The molecule has 2 nitrogen and oxygen atoms in total. The third kappa shape index (κ3) is 3.46. The van der Waals surface area contributed by atoms with Gasteiger partial charge in [0.15, 0.2) is 0 Å². The monoisotopic (exact) mass is 360 g/mol. The number of hydrogen-bond acceptors (Lipinski definition) is 2. The fourth-order valence-electron chi connectivity index (χ4n) is 2.22. The van der Waals surface area contributed by atoms with Crippen LogP contribution in [-0.4, -0.2) is 25.7 Å². The van der Waals surface area contributed by atoms with Gasteiger partial charge in [0.25, 0.3) is 0 Å². The largest absolute Gasteiger partial charge is 0.369 e. The minimum absolute atomic E-state index is 0.640. The molecule has 0 amide bonds. The van der Waals surface area contributed by atoms with Crippen LogP contribution in [0.5, 0.6) is 0 Å². The van der Waals surface area contributed by atoms with Crippen molar-refractivity contribution in [1.29, 1.82) is 0 Å². The molecule has 1 unspecified atom stereocenters. The van der Waals surface area contributed by atoms with Crippen molar-refractivity contribution in [3.8, 4) is 0 Å². The first-order chi connectivity index (χ1) is 8.20. The van der Waals surface area contributed by atoms with Crippen LogP contribution in [0.2, 0.25) is 0 Å². The molecule has 1 aromatic rings. The summed E-state index contributed by atoms with van der Waals surface area (Å²) in [5.41, 5.74) is 1.29. The van der Waals surface area contributed by atoms with Gasteiger partial charge in [0.05, 0.1) is 5.69 Å². The van der Waals surface area contributed by atoms with Crippen LogP contribution >= 0.6 is 31.9 Å². The molecule has 0 aromatic heterocycles. The lowest BCUT2D eigenvalue weighted by atomic mass is 10.2. The van der Waals surface area contributed by atoms with E-state index in [1.165, 1.54) is 23.0 Å². The minimum atomic E-state index is 0.640. The molecule has 0 aliphatic carbocycles. The molecule has 1 heterocycles. The predicted molar refractivity (Wildman–Crippen MR) is 80.8 cm³/mol. The molecule has 0 bridgehead atoms. The Labute approximate surface area is 120 Å². The SMILES string of the molecule is CCCNC1CCN(c2cc(Br)ccc2Br)C1. The van der Waals surface area contributed by atoms with Crippen LogP contribution in [0.25, 0.3) is 0 Å². The number of hydrogen-bond donors (Lipinski definition) is 1. The zero-order chi connectivity index (χ0) is 12.3. The van der Waals surface area contributed by atoms with E-state index >= 15 is 0 Å². The van der Waals surface area contributed by atoms with E-state index in [4.69, 9.17) is 0 Å². The summed E-state index contributed by atoms with van der Waals surface area (Å²) in [6, 6.07) is 7.00. The minimum Gasteiger partial charge on any atom is -0.369 e. The van der Waals surface area contributed by atoms with Crippen LogP contribution in [0.4, 0.5) is 5.69 Å².